The van der Waals surface area contributed by atoms with Crippen molar-refractivity contribution >= 4 is 57.8 Å². The van der Waals surface area contributed by atoms with Crippen molar-refractivity contribution in [2.24, 2.45) is 4.99 Å². The minimum absolute atomic E-state index is 0.00182. The predicted octanol–water partition coefficient (Wildman–Crippen LogP) is 6.04. The summed E-state index contributed by atoms with van der Waals surface area (Å²) in [6.07, 6.45) is 2.46. The van der Waals surface area contributed by atoms with Crippen LogP contribution in [-0.4, -0.2) is 81.2 Å². The van der Waals surface area contributed by atoms with E-state index in [0.717, 1.165) is 32.9 Å². The van der Waals surface area contributed by atoms with E-state index in [4.69, 9.17) is 32.9 Å². The highest BCUT2D eigenvalue weighted by molar-refractivity contribution is 7.15. The molecule has 1 fully saturated rings. The van der Waals surface area contributed by atoms with E-state index in [0.29, 0.717) is 44.0 Å². The largest absolute Gasteiger partial charge is 0.497 e. The number of hydrogen-bond acceptors (Lipinski definition) is 8. The van der Waals surface area contributed by atoms with Crippen LogP contribution in [0.3, 0.4) is 0 Å². The number of thiophene rings is 1. The Morgan fingerprint density at radius 2 is 1.60 bits per heavy atom. The first-order chi connectivity index (χ1) is 22.5. The zero-order chi connectivity index (χ0) is 33.8. The number of allylic oxidation sites excluding steroid dienone is 1. The average Bonchev–Trinajstić information content (AvgIpc) is 3.51. The van der Waals surface area contributed by atoms with Crippen LogP contribution in [0, 0.1) is 20.8 Å². The summed E-state index contributed by atoms with van der Waals surface area (Å²) in [7, 11) is 1.51. The molecule has 0 atom stereocenters. The van der Waals surface area contributed by atoms with Gasteiger partial charge in [-0.25, -0.2) is 0 Å². The molecule has 4 heterocycles. The maximum Gasteiger partial charge on any atom is 0.246 e. The molecule has 0 unspecified atom stereocenters. The Kier molecular flexibility index (Phi) is 10.6. The van der Waals surface area contributed by atoms with E-state index in [-0.39, 0.29) is 22.6 Å². The van der Waals surface area contributed by atoms with Crippen molar-refractivity contribution in [2.75, 3.05) is 33.3 Å². The highest BCUT2D eigenvalue weighted by Crippen LogP contribution is 2.36. The first-order valence-electron chi connectivity index (χ1n) is 14.9. The number of nitrogens with zero attached hydrogens (tertiary/aromatic N) is 6. The van der Waals surface area contributed by atoms with Crippen molar-refractivity contribution in [1.82, 2.24) is 24.6 Å². The third-order valence-corrected chi connectivity index (χ3v) is 9.81. The number of amides is 2. The maximum atomic E-state index is 12.2. The van der Waals surface area contributed by atoms with Crippen molar-refractivity contribution in [1.29, 1.82) is 0 Å². The highest BCUT2D eigenvalue weighted by Gasteiger charge is 2.26. The number of methoxy groups -OCH3 is 1. The molecule has 13 heteroatoms. The van der Waals surface area contributed by atoms with Gasteiger partial charge in [-0.05, 0) is 62.7 Å². The van der Waals surface area contributed by atoms with Gasteiger partial charge in [0.1, 0.15) is 23.1 Å². The molecule has 0 radical (unpaired) electrons. The molecule has 2 aromatic heterocycles. The summed E-state index contributed by atoms with van der Waals surface area (Å²) in [6, 6.07) is 12.6. The molecule has 0 N–H and O–H groups in total. The normalized spacial score (nSPS) is 14.1. The summed E-state index contributed by atoms with van der Waals surface area (Å²) in [4.78, 5) is 45.0. The number of ketones is 1. The molecular formula is C34H34Cl2N6O4S. The topological polar surface area (TPSA) is 110 Å². The Morgan fingerprint density at radius 3 is 2.23 bits per heavy atom. The lowest BCUT2D eigenvalue weighted by Gasteiger charge is -2.33. The van der Waals surface area contributed by atoms with E-state index in [1.54, 1.807) is 39.3 Å². The summed E-state index contributed by atoms with van der Waals surface area (Å²) in [5, 5.41) is 10.7. The van der Waals surface area contributed by atoms with E-state index < -0.39 is 0 Å². The predicted molar refractivity (Wildman–Crippen MR) is 185 cm³/mol. The van der Waals surface area contributed by atoms with Gasteiger partial charge in [-0.2, -0.15) is 0 Å². The van der Waals surface area contributed by atoms with Crippen LogP contribution >= 0.6 is 34.5 Å². The zero-order valence-corrected chi connectivity index (χ0v) is 29.0. The number of rotatable bonds is 5. The summed E-state index contributed by atoms with van der Waals surface area (Å²) < 4.78 is 7.16. The lowest BCUT2D eigenvalue weighted by Crippen LogP contribution is -2.49. The number of fused-ring (bicyclic) bond motifs is 3. The molecule has 1 saturated heterocycles. The Labute approximate surface area is 287 Å². The standard InChI is InChI=1S/C17H15ClN4S.C17H19ClN2O4/c1-9-10(2)23-17-15(9)16(12-4-6-13(18)7-5-12)19-8-14-21-20-11(3)22(14)17;1-12(21)19-7-9-20(10-8-19)17(23)6-5-16(22)14-4-3-13(24-2)11-15(14)18/h4-7H,8H2,1-3H3;3-6,11H,7-10H2,1-2H3/b;6-5+. The monoisotopic (exact) mass is 692 g/mol. The van der Waals surface area contributed by atoms with Crippen LogP contribution in [0.2, 0.25) is 10.0 Å². The van der Waals surface area contributed by atoms with Gasteiger partial charge in [-0.1, -0.05) is 35.3 Å². The average molecular weight is 694 g/mol. The van der Waals surface area contributed by atoms with Crippen LogP contribution in [0.15, 0.2) is 59.6 Å². The van der Waals surface area contributed by atoms with E-state index >= 15 is 0 Å². The molecule has 244 valence electrons. The number of carbonyl (C=O) groups is 3. The molecule has 0 spiro atoms. The number of hydrogen-bond donors (Lipinski definition) is 0. The number of aromatic nitrogens is 3. The second-order valence-electron chi connectivity index (χ2n) is 11.0. The quantitative estimate of drug-likeness (QED) is 0.186. The van der Waals surface area contributed by atoms with Crippen LogP contribution < -0.4 is 4.74 Å². The zero-order valence-electron chi connectivity index (χ0n) is 26.7. The van der Waals surface area contributed by atoms with Crippen molar-refractivity contribution in [3.05, 3.63) is 103 Å². The fraction of sp³-hybridized carbons (Fsp3) is 0.294. The van der Waals surface area contributed by atoms with Gasteiger partial charge >= 0.3 is 0 Å². The smallest absolute Gasteiger partial charge is 0.246 e. The van der Waals surface area contributed by atoms with Gasteiger partial charge in [0.2, 0.25) is 11.8 Å². The van der Waals surface area contributed by atoms with Crippen LogP contribution in [0.5, 0.6) is 5.75 Å². The lowest BCUT2D eigenvalue weighted by molar-refractivity contribution is -0.135. The minimum Gasteiger partial charge on any atom is -0.497 e. The van der Waals surface area contributed by atoms with Crippen LogP contribution in [0.25, 0.3) is 5.00 Å². The van der Waals surface area contributed by atoms with Crippen molar-refractivity contribution in [3.63, 3.8) is 0 Å². The number of carbonyl (C=O) groups excluding carboxylic acids is 3. The molecule has 0 bridgehead atoms. The number of aryl methyl sites for hydroxylation is 2. The molecule has 2 amide bonds. The van der Waals surface area contributed by atoms with E-state index in [9.17, 15) is 14.4 Å². The molecule has 47 heavy (non-hydrogen) atoms. The molecule has 2 aromatic carbocycles. The maximum absolute atomic E-state index is 12.2. The highest BCUT2D eigenvalue weighted by atomic mass is 35.5. The molecule has 2 aliphatic heterocycles. The van der Waals surface area contributed by atoms with E-state index in [1.807, 2.05) is 31.2 Å². The summed E-state index contributed by atoms with van der Waals surface area (Å²) >= 11 is 13.8. The first kappa shape index (κ1) is 34.0. The molecular weight excluding hydrogens is 659 g/mol. The Balaban J connectivity index is 0.000000184. The summed E-state index contributed by atoms with van der Waals surface area (Å²) in [6.45, 7) is 10.3. The van der Waals surface area contributed by atoms with E-state index in [2.05, 4.69) is 28.6 Å². The fourth-order valence-electron chi connectivity index (χ4n) is 5.30. The molecule has 10 nitrogen and oxygen atoms in total. The summed E-state index contributed by atoms with van der Waals surface area (Å²) in [5.41, 5.74) is 4.83. The number of piperazine rings is 1. The van der Waals surface area contributed by atoms with Crippen molar-refractivity contribution < 1.29 is 19.1 Å². The third kappa shape index (κ3) is 7.48. The first-order valence-corrected chi connectivity index (χ1v) is 16.5. The van der Waals surface area contributed by atoms with Gasteiger partial charge in [0, 0.05) is 65.8 Å². The lowest BCUT2D eigenvalue weighted by atomic mass is 10.00. The molecule has 6 rings (SSSR count). The second kappa shape index (κ2) is 14.6. The minimum atomic E-state index is -0.349. The molecule has 4 aromatic rings. The van der Waals surface area contributed by atoms with Crippen molar-refractivity contribution in [3.8, 4) is 10.8 Å². The molecule has 2 aliphatic rings. The van der Waals surface area contributed by atoms with Crippen molar-refractivity contribution in [2.45, 2.75) is 34.2 Å². The Bertz CT molecular complexity index is 1890. The molecule has 0 saturated carbocycles. The summed E-state index contributed by atoms with van der Waals surface area (Å²) in [5.74, 6) is 1.74. The van der Waals surface area contributed by atoms with Gasteiger partial charge in [-0.15, -0.1) is 21.5 Å². The van der Waals surface area contributed by atoms with Gasteiger partial charge < -0.3 is 14.5 Å². The van der Waals surface area contributed by atoms with Crippen LogP contribution in [-0.2, 0) is 16.1 Å². The van der Waals surface area contributed by atoms with Gasteiger partial charge in [0.15, 0.2) is 11.6 Å². The Morgan fingerprint density at radius 1 is 0.915 bits per heavy atom. The number of ether oxygens (including phenoxy) is 1. The van der Waals surface area contributed by atoms with E-state index in [1.165, 1.54) is 42.2 Å². The SMILES string of the molecule is COc1ccc(C(=O)/C=C/C(=O)N2CCN(C(C)=O)CC2)c(Cl)c1.Cc1sc2c(c1C)C(c1ccc(Cl)cc1)=NCc1nnc(C)n1-2. The number of aliphatic imine (C=N–C) groups is 1. The Hall–Kier alpha value is -4.32. The number of halogens is 2. The van der Waals surface area contributed by atoms with Gasteiger partial charge in [0.05, 0.1) is 17.8 Å². The van der Waals surface area contributed by atoms with Gasteiger partial charge in [0.25, 0.3) is 0 Å². The number of benzene rings is 2. The van der Waals surface area contributed by atoms with Gasteiger partial charge in [-0.3, -0.25) is 23.9 Å². The molecule has 0 aliphatic carbocycles. The fourth-order valence-corrected chi connectivity index (χ4v) is 6.91. The van der Waals surface area contributed by atoms with Crippen LogP contribution in [0.4, 0.5) is 0 Å². The van der Waals surface area contributed by atoms with Crippen LogP contribution in [0.1, 0.15) is 50.5 Å². The third-order valence-electron chi connectivity index (χ3n) is 8.05. The second-order valence-corrected chi connectivity index (χ2v) is 13.1.